The van der Waals surface area contributed by atoms with Crippen LogP contribution in [0.4, 0.5) is 0 Å². The molecule has 0 aromatic rings. The van der Waals surface area contributed by atoms with Crippen LogP contribution in [0.1, 0.15) is 66.7 Å². The van der Waals surface area contributed by atoms with E-state index < -0.39 is 6.10 Å². The zero-order valence-electron chi connectivity index (χ0n) is 12.9. The van der Waals surface area contributed by atoms with Gasteiger partial charge in [0.2, 0.25) is 0 Å². The Balaban J connectivity index is 4.22. The van der Waals surface area contributed by atoms with E-state index in [1.165, 1.54) is 19.3 Å². The van der Waals surface area contributed by atoms with Crippen molar-refractivity contribution in [1.29, 1.82) is 0 Å². The highest BCUT2D eigenvalue weighted by Crippen LogP contribution is 2.39. The smallest absolute Gasteiger partial charge is 0.0742 e. The molecule has 0 heterocycles. The van der Waals surface area contributed by atoms with E-state index in [0.29, 0.717) is 11.8 Å². The molecule has 0 fully saturated rings. The summed E-state index contributed by atoms with van der Waals surface area (Å²) in [5, 5.41) is 18.2. The second-order valence-electron chi connectivity index (χ2n) is 6.97. The molecule has 0 unspecified atom stereocenters. The Kier molecular flexibility index (Phi) is 7.81. The fourth-order valence-corrected chi connectivity index (χ4v) is 2.91. The lowest BCUT2D eigenvalue weighted by molar-refractivity contribution is 0.167. The molecule has 0 aliphatic heterocycles. The molecule has 2 nitrogen and oxygen atoms in total. The van der Waals surface area contributed by atoms with Gasteiger partial charge in [-0.2, -0.15) is 0 Å². The van der Waals surface area contributed by atoms with Crippen LogP contribution >= 0.6 is 0 Å². The van der Waals surface area contributed by atoms with Crippen LogP contribution in [0, 0.1) is 10.8 Å². The van der Waals surface area contributed by atoms with E-state index in [-0.39, 0.29) is 12.0 Å². The maximum absolute atomic E-state index is 9.52. The predicted octanol–water partition coefficient (Wildman–Crippen LogP) is 3.92. The molecule has 108 valence electrons. The molecule has 0 rings (SSSR count). The van der Waals surface area contributed by atoms with E-state index in [4.69, 9.17) is 5.11 Å². The number of allylic oxidation sites excluding steroid dienone is 1. The van der Waals surface area contributed by atoms with Gasteiger partial charge in [-0.3, -0.25) is 0 Å². The Bertz CT molecular complexity index is 241. The molecule has 0 aromatic carbocycles. The van der Waals surface area contributed by atoms with Gasteiger partial charge in [-0.25, -0.2) is 0 Å². The van der Waals surface area contributed by atoms with Crippen molar-refractivity contribution in [1.82, 2.24) is 0 Å². The average molecular weight is 256 g/mol. The summed E-state index contributed by atoms with van der Waals surface area (Å²) in [6.45, 7) is 11.5. The highest BCUT2D eigenvalue weighted by atomic mass is 16.3. The quantitative estimate of drug-likeness (QED) is 0.614. The summed E-state index contributed by atoms with van der Waals surface area (Å²) in [7, 11) is 0. The second kappa shape index (κ2) is 7.96. The van der Waals surface area contributed by atoms with Crippen molar-refractivity contribution >= 4 is 0 Å². The summed E-state index contributed by atoms with van der Waals surface area (Å²) in [5.41, 5.74) is 0.643. The molecule has 18 heavy (non-hydrogen) atoms. The third-order valence-electron chi connectivity index (χ3n) is 3.34. The van der Waals surface area contributed by atoms with Gasteiger partial charge in [0, 0.05) is 6.61 Å². The van der Waals surface area contributed by atoms with Crippen LogP contribution in [0.3, 0.4) is 0 Å². The Morgan fingerprint density at radius 1 is 1.11 bits per heavy atom. The van der Waals surface area contributed by atoms with Gasteiger partial charge in [-0.15, -0.1) is 0 Å². The van der Waals surface area contributed by atoms with E-state index in [9.17, 15) is 5.11 Å². The van der Waals surface area contributed by atoms with Gasteiger partial charge in [-0.1, -0.05) is 53.2 Å². The molecule has 0 aliphatic rings. The lowest BCUT2D eigenvalue weighted by Gasteiger charge is -2.34. The first-order valence-corrected chi connectivity index (χ1v) is 7.18. The van der Waals surface area contributed by atoms with Crippen molar-refractivity contribution in [2.75, 3.05) is 6.61 Å². The third-order valence-corrected chi connectivity index (χ3v) is 3.34. The highest BCUT2D eigenvalue weighted by molar-refractivity contribution is 4.93. The number of hydrogen-bond acceptors (Lipinski definition) is 2. The Labute approximate surface area is 113 Å². The molecule has 0 aromatic heterocycles. The summed E-state index contributed by atoms with van der Waals surface area (Å²) >= 11 is 0. The molecule has 1 atom stereocenters. The Morgan fingerprint density at radius 3 is 2.22 bits per heavy atom. The number of rotatable bonds is 9. The molecule has 2 N–H and O–H groups in total. The maximum Gasteiger partial charge on any atom is 0.0742 e. The summed E-state index contributed by atoms with van der Waals surface area (Å²) in [6.07, 6.45) is 8.44. The third kappa shape index (κ3) is 8.71. The van der Waals surface area contributed by atoms with Crippen LogP contribution in [0.15, 0.2) is 12.2 Å². The van der Waals surface area contributed by atoms with Crippen LogP contribution in [0.5, 0.6) is 0 Å². The number of aliphatic hydroxyl groups is 2. The van der Waals surface area contributed by atoms with Crippen LogP contribution < -0.4 is 0 Å². The second-order valence-corrected chi connectivity index (χ2v) is 6.97. The van der Waals surface area contributed by atoms with Gasteiger partial charge >= 0.3 is 0 Å². The van der Waals surface area contributed by atoms with Gasteiger partial charge in [0.05, 0.1) is 6.10 Å². The largest absolute Gasteiger partial charge is 0.396 e. The van der Waals surface area contributed by atoms with E-state index in [2.05, 4.69) is 40.7 Å². The fourth-order valence-electron chi connectivity index (χ4n) is 2.91. The van der Waals surface area contributed by atoms with Crippen molar-refractivity contribution in [3.63, 3.8) is 0 Å². The highest BCUT2D eigenvalue weighted by Gasteiger charge is 2.27. The summed E-state index contributed by atoms with van der Waals surface area (Å²) in [4.78, 5) is 0. The van der Waals surface area contributed by atoms with Crippen LogP contribution in [-0.2, 0) is 0 Å². The first-order chi connectivity index (χ1) is 8.22. The van der Waals surface area contributed by atoms with Crippen molar-refractivity contribution in [3.8, 4) is 0 Å². The lowest BCUT2D eigenvalue weighted by atomic mass is 9.71. The monoisotopic (exact) mass is 256 g/mol. The molecule has 0 bridgehead atoms. The molecule has 0 saturated heterocycles. The molecule has 0 aliphatic carbocycles. The van der Waals surface area contributed by atoms with E-state index in [1.807, 2.05) is 6.08 Å². The van der Waals surface area contributed by atoms with E-state index >= 15 is 0 Å². The van der Waals surface area contributed by atoms with Crippen LogP contribution in [0.25, 0.3) is 0 Å². The standard InChI is InChI=1S/C16H32O2/c1-6-10-15(2,3)13-16(4,5)11-7-8-14(18)9-12-17/h7-8,14,17-18H,6,9-13H2,1-5H3/b8-7+/t14-/m1/s1. The summed E-state index contributed by atoms with van der Waals surface area (Å²) in [5.74, 6) is 0. The molecule has 0 saturated carbocycles. The average Bonchev–Trinajstić information content (AvgIpc) is 2.15. The van der Waals surface area contributed by atoms with Crippen molar-refractivity contribution < 1.29 is 10.2 Å². The zero-order chi connectivity index (χ0) is 14.2. The summed E-state index contributed by atoms with van der Waals surface area (Å²) in [6, 6.07) is 0. The van der Waals surface area contributed by atoms with Gasteiger partial charge in [0.25, 0.3) is 0 Å². The van der Waals surface area contributed by atoms with Crippen molar-refractivity contribution in [3.05, 3.63) is 12.2 Å². The SMILES string of the molecule is CCCC(C)(C)CC(C)(C)C/C=C/[C@@H](O)CCO. The Morgan fingerprint density at radius 2 is 1.72 bits per heavy atom. The maximum atomic E-state index is 9.52. The number of aliphatic hydroxyl groups excluding tert-OH is 2. The first-order valence-electron chi connectivity index (χ1n) is 7.18. The molecular weight excluding hydrogens is 224 g/mol. The lowest BCUT2D eigenvalue weighted by Crippen LogP contribution is -2.22. The Hall–Kier alpha value is -0.340. The molecule has 2 heteroatoms. The predicted molar refractivity (Wildman–Crippen MR) is 78.6 cm³/mol. The molecule has 0 amide bonds. The molecular formula is C16H32O2. The minimum Gasteiger partial charge on any atom is -0.396 e. The fraction of sp³-hybridized carbons (Fsp3) is 0.875. The van der Waals surface area contributed by atoms with Crippen molar-refractivity contribution in [2.24, 2.45) is 10.8 Å². The number of hydrogen-bond donors (Lipinski definition) is 2. The minimum absolute atomic E-state index is 0.0401. The zero-order valence-corrected chi connectivity index (χ0v) is 12.9. The van der Waals surface area contributed by atoms with E-state index in [1.54, 1.807) is 0 Å². The minimum atomic E-state index is -0.505. The van der Waals surface area contributed by atoms with Gasteiger partial charge in [-0.05, 0) is 36.5 Å². The van der Waals surface area contributed by atoms with Crippen molar-refractivity contribution in [2.45, 2.75) is 72.8 Å². The van der Waals surface area contributed by atoms with Crippen LogP contribution in [-0.4, -0.2) is 22.9 Å². The van der Waals surface area contributed by atoms with E-state index in [0.717, 1.165) is 6.42 Å². The molecule has 0 radical (unpaired) electrons. The summed E-state index contributed by atoms with van der Waals surface area (Å²) < 4.78 is 0. The molecule has 0 spiro atoms. The van der Waals surface area contributed by atoms with Crippen LogP contribution in [0.2, 0.25) is 0 Å². The topological polar surface area (TPSA) is 40.5 Å². The van der Waals surface area contributed by atoms with Gasteiger partial charge < -0.3 is 10.2 Å². The van der Waals surface area contributed by atoms with Gasteiger partial charge in [0.1, 0.15) is 0 Å². The van der Waals surface area contributed by atoms with Gasteiger partial charge in [0.15, 0.2) is 0 Å². The first kappa shape index (κ1) is 17.7. The normalized spacial score (nSPS) is 15.3.